The zero-order valence-corrected chi connectivity index (χ0v) is 16.3. The molecule has 7 nitrogen and oxygen atoms in total. The highest BCUT2D eigenvalue weighted by Gasteiger charge is 2.17. The van der Waals surface area contributed by atoms with Crippen molar-refractivity contribution in [3.05, 3.63) is 71.5 Å². The van der Waals surface area contributed by atoms with E-state index in [4.69, 9.17) is 13.7 Å². The van der Waals surface area contributed by atoms with Crippen LogP contribution in [0.2, 0.25) is 0 Å². The van der Waals surface area contributed by atoms with Crippen molar-refractivity contribution in [2.75, 3.05) is 6.61 Å². The molecule has 1 N–H and O–H groups in total. The van der Waals surface area contributed by atoms with Gasteiger partial charge in [0.15, 0.2) is 6.61 Å². The van der Waals surface area contributed by atoms with Crippen molar-refractivity contribution in [2.45, 2.75) is 30.5 Å². The summed E-state index contributed by atoms with van der Waals surface area (Å²) in [6, 6.07) is 12.1. The van der Waals surface area contributed by atoms with Crippen LogP contribution in [0.4, 0.5) is 0 Å². The summed E-state index contributed by atoms with van der Waals surface area (Å²) in [7, 11) is 0. The molecule has 0 spiro atoms. The summed E-state index contributed by atoms with van der Waals surface area (Å²) < 4.78 is 15.5. The van der Waals surface area contributed by atoms with Crippen molar-refractivity contribution in [1.82, 2.24) is 10.5 Å². The molecule has 8 heteroatoms. The normalized spacial score (nSPS) is 11.8. The predicted octanol–water partition coefficient (Wildman–Crippen LogP) is 3.90. The van der Waals surface area contributed by atoms with E-state index in [9.17, 15) is 9.59 Å². The molecule has 1 aromatic carbocycles. The number of esters is 1. The molecule has 0 saturated carbocycles. The van der Waals surface area contributed by atoms with Crippen molar-refractivity contribution >= 4 is 23.6 Å². The fourth-order valence-corrected chi connectivity index (χ4v) is 3.42. The largest absolute Gasteiger partial charge is 0.467 e. The number of amides is 1. The standard InChI is InChI=1S/C20H20N2O5S/c1-13-10-15(22-27-13)12-28-18-8-4-3-6-16(18)20(24)26-11-19(23)21-14(2)17-7-5-9-25-17/h3-10,14H,11-12H2,1-2H3,(H,21,23)/t14-/m1/s1. The van der Waals surface area contributed by atoms with Crippen molar-refractivity contribution in [3.8, 4) is 0 Å². The van der Waals surface area contributed by atoms with Crippen molar-refractivity contribution < 1.29 is 23.3 Å². The van der Waals surface area contributed by atoms with Gasteiger partial charge in [-0.15, -0.1) is 11.8 Å². The maximum Gasteiger partial charge on any atom is 0.339 e. The minimum Gasteiger partial charge on any atom is -0.467 e. The van der Waals surface area contributed by atoms with Crippen LogP contribution >= 0.6 is 11.8 Å². The van der Waals surface area contributed by atoms with Crippen LogP contribution in [0.3, 0.4) is 0 Å². The van der Waals surface area contributed by atoms with E-state index in [2.05, 4.69) is 10.5 Å². The topological polar surface area (TPSA) is 94.6 Å². The predicted molar refractivity (Wildman–Crippen MR) is 103 cm³/mol. The Morgan fingerprint density at radius 1 is 1.25 bits per heavy atom. The molecular weight excluding hydrogens is 380 g/mol. The molecule has 3 aromatic rings. The lowest BCUT2D eigenvalue weighted by Crippen LogP contribution is -2.31. The average molecular weight is 400 g/mol. The highest BCUT2D eigenvalue weighted by atomic mass is 32.2. The zero-order chi connectivity index (χ0) is 19.9. The van der Waals surface area contributed by atoms with Crippen LogP contribution < -0.4 is 5.32 Å². The van der Waals surface area contributed by atoms with Gasteiger partial charge >= 0.3 is 5.97 Å². The van der Waals surface area contributed by atoms with Gasteiger partial charge in [-0.1, -0.05) is 17.3 Å². The number of ether oxygens (including phenoxy) is 1. The molecule has 146 valence electrons. The van der Waals surface area contributed by atoms with E-state index in [0.29, 0.717) is 17.1 Å². The summed E-state index contributed by atoms with van der Waals surface area (Å²) >= 11 is 1.45. The molecule has 2 aromatic heterocycles. The van der Waals surface area contributed by atoms with E-state index in [1.807, 2.05) is 25.1 Å². The third-order valence-corrected chi connectivity index (χ3v) is 4.95. The summed E-state index contributed by atoms with van der Waals surface area (Å²) in [5, 5.41) is 6.66. The van der Waals surface area contributed by atoms with Crippen LogP contribution in [0.1, 0.15) is 40.5 Å². The third-order valence-electron chi connectivity index (χ3n) is 3.84. The first-order valence-corrected chi connectivity index (χ1v) is 9.65. The van der Waals surface area contributed by atoms with Gasteiger partial charge in [-0.3, -0.25) is 4.79 Å². The van der Waals surface area contributed by atoms with Crippen LogP contribution in [-0.4, -0.2) is 23.6 Å². The molecule has 0 unspecified atom stereocenters. The Hall–Kier alpha value is -3.00. The smallest absolute Gasteiger partial charge is 0.339 e. The van der Waals surface area contributed by atoms with Gasteiger partial charge in [-0.05, 0) is 38.1 Å². The second-order valence-corrected chi connectivity index (χ2v) is 7.11. The zero-order valence-electron chi connectivity index (χ0n) is 15.5. The van der Waals surface area contributed by atoms with Crippen LogP contribution in [-0.2, 0) is 15.3 Å². The maximum absolute atomic E-state index is 12.4. The first-order valence-electron chi connectivity index (χ1n) is 8.67. The number of nitrogens with zero attached hydrogens (tertiary/aromatic N) is 1. The second kappa shape index (κ2) is 9.27. The minimum atomic E-state index is -0.555. The number of carbonyl (C=O) groups is 2. The lowest BCUT2D eigenvalue weighted by Gasteiger charge is -2.12. The lowest BCUT2D eigenvalue weighted by atomic mass is 10.2. The van der Waals surface area contributed by atoms with Crippen LogP contribution in [0.5, 0.6) is 0 Å². The Morgan fingerprint density at radius 2 is 2.07 bits per heavy atom. The molecule has 0 radical (unpaired) electrons. The van der Waals surface area contributed by atoms with Crippen LogP contribution in [0, 0.1) is 6.92 Å². The lowest BCUT2D eigenvalue weighted by molar-refractivity contribution is -0.125. The maximum atomic E-state index is 12.4. The second-order valence-electron chi connectivity index (χ2n) is 6.09. The highest BCUT2D eigenvalue weighted by molar-refractivity contribution is 7.98. The van der Waals surface area contributed by atoms with Crippen LogP contribution in [0.15, 0.2) is 62.6 Å². The van der Waals surface area contributed by atoms with Gasteiger partial charge in [-0.25, -0.2) is 4.79 Å². The quantitative estimate of drug-likeness (QED) is 0.452. The fourth-order valence-electron chi connectivity index (χ4n) is 2.50. The fraction of sp³-hybridized carbons (Fsp3) is 0.250. The Kier molecular flexibility index (Phi) is 6.54. The number of nitrogens with one attached hydrogen (secondary N) is 1. The molecule has 0 aliphatic rings. The molecule has 2 heterocycles. The van der Waals surface area contributed by atoms with E-state index in [0.717, 1.165) is 16.3 Å². The summed E-state index contributed by atoms with van der Waals surface area (Å²) in [5.74, 6) is 0.964. The number of thioether (sulfide) groups is 1. The Bertz CT molecular complexity index is 936. The molecule has 1 atom stereocenters. The summed E-state index contributed by atoms with van der Waals surface area (Å²) in [5.41, 5.74) is 1.19. The number of rotatable bonds is 8. The van der Waals surface area contributed by atoms with Gasteiger partial charge in [0.25, 0.3) is 5.91 Å². The number of benzene rings is 1. The number of hydrogen-bond acceptors (Lipinski definition) is 7. The first-order chi connectivity index (χ1) is 13.5. The molecule has 0 saturated heterocycles. The molecule has 0 fully saturated rings. The Balaban J connectivity index is 1.54. The summed E-state index contributed by atoms with van der Waals surface area (Å²) in [4.78, 5) is 25.2. The van der Waals surface area contributed by atoms with Gasteiger partial charge in [0.1, 0.15) is 11.5 Å². The van der Waals surface area contributed by atoms with Gasteiger partial charge in [-0.2, -0.15) is 0 Å². The van der Waals surface area contributed by atoms with Gasteiger partial charge in [0.05, 0.1) is 23.6 Å². The summed E-state index contributed by atoms with van der Waals surface area (Å²) in [6.07, 6.45) is 1.53. The molecule has 1 amide bonds. The number of furan rings is 1. The monoisotopic (exact) mass is 400 g/mol. The Labute approximate surface area is 166 Å². The number of aryl methyl sites for hydroxylation is 1. The van der Waals surface area contributed by atoms with Gasteiger partial charge < -0.3 is 19.0 Å². The molecule has 0 aliphatic carbocycles. The van der Waals surface area contributed by atoms with Crippen molar-refractivity contribution in [2.24, 2.45) is 0 Å². The molecule has 3 rings (SSSR count). The number of hydrogen-bond donors (Lipinski definition) is 1. The van der Waals surface area contributed by atoms with Crippen LogP contribution in [0.25, 0.3) is 0 Å². The molecule has 28 heavy (non-hydrogen) atoms. The van der Waals surface area contributed by atoms with Crippen molar-refractivity contribution in [3.63, 3.8) is 0 Å². The van der Waals surface area contributed by atoms with Crippen molar-refractivity contribution in [1.29, 1.82) is 0 Å². The number of carbonyl (C=O) groups excluding carboxylic acids is 2. The van der Waals surface area contributed by atoms with Gasteiger partial charge in [0.2, 0.25) is 0 Å². The summed E-state index contributed by atoms with van der Waals surface area (Å²) in [6.45, 7) is 3.24. The van der Waals surface area contributed by atoms with E-state index in [-0.39, 0.29) is 12.6 Å². The first kappa shape index (κ1) is 19.8. The van der Waals surface area contributed by atoms with E-state index >= 15 is 0 Å². The Morgan fingerprint density at radius 3 is 2.79 bits per heavy atom. The molecule has 0 bridgehead atoms. The van der Waals surface area contributed by atoms with Gasteiger partial charge in [0, 0.05) is 16.7 Å². The average Bonchev–Trinajstić information content (AvgIpc) is 3.36. The third kappa shape index (κ3) is 5.26. The molecule has 0 aliphatic heterocycles. The SMILES string of the molecule is Cc1cc(CSc2ccccc2C(=O)OCC(=O)N[C@H](C)c2ccco2)no1. The van der Waals surface area contributed by atoms with E-state index in [1.165, 1.54) is 18.0 Å². The highest BCUT2D eigenvalue weighted by Crippen LogP contribution is 2.26. The van der Waals surface area contributed by atoms with E-state index in [1.54, 1.807) is 31.2 Å². The van der Waals surface area contributed by atoms with E-state index < -0.39 is 11.9 Å². The number of aromatic nitrogens is 1. The minimum absolute atomic E-state index is 0.310. The molecular formula is C20H20N2O5S.